The van der Waals surface area contributed by atoms with E-state index in [-0.39, 0.29) is 24.8 Å². The Hall–Kier alpha value is -1.60. The minimum absolute atomic E-state index is 0.175. The van der Waals surface area contributed by atoms with E-state index in [1.807, 2.05) is 30.3 Å². The van der Waals surface area contributed by atoms with Crippen molar-refractivity contribution in [3.63, 3.8) is 0 Å². The molecule has 0 radical (unpaired) electrons. The highest BCUT2D eigenvalue weighted by atomic mass is 32.2. The lowest BCUT2D eigenvalue weighted by atomic mass is 10.2. The highest BCUT2D eigenvalue weighted by Crippen LogP contribution is 2.01. The number of nitrogens with two attached hydrogens (primary N) is 1. The molecule has 6 nitrogen and oxygen atoms in total. The minimum atomic E-state index is -3.52. The first-order valence-corrected chi connectivity index (χ1v) is 7.53. The van der Waals surface area contributed by atoms with E-state index >= 15 is 0 Å². The van der Waals surface area contributed by atoms with Crippen LogP contribution in [0.3, 0.4) is 0 Å². The van der Waals surface area contributed by atoms with Gasteiger partial charge in [-0.3, -0.25) is 0 Å². The van der Waals surface area contributed by atoms with Gasteiger partial charge in [0, 0.05) is 6.54 Å². The number of carbonyl (C=O) groups excluding carboxylic acids is 1. The molecule has 1 rings (SSSR count). The molecule has 0 aliphatic carbocycles. The van der Waals surface area contributed by atoms with E-state index in [1.54, 1.807) is 6.92 Å². The summed E-state index contributed by atoms with van der Waals surface area (Å²) in [5.74, 6) is -0.439. The van der Waals surface area contributed by atoms with E-state index in [9.17, 15) is 13.2 Å². The SMILES string of the molecule is CC(CNC(=O)OCc1ccccc1)CS(N)(=O)=O. The predicted molar refractivity (Wildman–Crippen MR) is 71.8 cm³/mol. The van der Waals surface area contributed by atoms with Crippen LogP contribution in [0.15, 0.2) is 30.3 Å². The van der Waals surface area contributed by atoms with Crippen LogP contribution < -0.4 is 10.5 Å². The maximum absolute atomic E-state index is 11.4. The van der Waals surface area contributed by atoms with Gasteiger partial charge in [-0.1, -0.05) is 37.3 Å². The zero-order valence-electron chi connectivity index (χ0n) is 10.7. The van der Waals surface area contributed by atoms with E-state index in [1.165, 1.54) is 0 Å². The van der Waals surface area contributed by atoms with Gasteiger partial charge >= 0.3 is 6.09 Å². The van der Waals surface area contributed by atoms with Crippen LogP contribution in [0.2, 0.25) is 0 Å². The summed E-state index contributed by atoms with van der Waals surface area (Å²) in [6.07, 6.45) is -0.579. The van der Waals surface area contributed by atoms with Crippen molar-refractivity contribution in [2.45, 2.75) is 13.5 Å². The number of benzene rings is 1. The standard InChI is InChI=1S/C12H18N2O4S/c1-10(9-19(13,16)17)7-14-12(15)18-8-11-5-3-2-4-6-11/h2-6,10H,7-9H2,1H3,(H,14,15)(H2,13,16,17). The van der Waals surface area contributed by atoms with Crippen molar-refractivity contribution < 1.29 is 17.9 Å². The first kappa shape index (κ1) is 15.5. The first-order chi connectivity index (χ1) is 8.87. The van der Waals surface area contributed by atoms with Crippen molar-refractivity contribution in [3.8, 4) is 0 Å². The molecule has 1 aromatic rings. The Morgan fingerprint density at radius 1 is 1.37 bits per heavy atom. The normalized spacial score (nSPS) is 12.7. The number of primary sulfonamides is 1. The summed E-state index contributed by atoms with van der Waals surface area (Å²) in [7, 11) is -3.52. The third-order valence-corrected chi connectivity index (χ3v) is 3.36. The topological polar surface area (TPSA) is 98.5 Å². The summed E-state index contributed by atoms with van der Waals surface area (Å²) in [4.78, 5) is 11.4. The number of hydrogen-bond acceptors (Lipinski definition) is 4. The van der Waals surface area contributed by atoms with Gasteiger partial charge in [0.05, 0.1) is 5.75 Å². The molecule has 1 amide bonds. The van der Waals surface area contributed by atoms with Gasteiger partial charge in [-0.05, 0) is 11.5 Å². The quantitative estimate of drug-likeness (QED) is 0.809. The zero-order chi connectivity index (χ0) is 14.3. The fourth-order valence-corrected chi connectivity index (χ4v) is 2.40. The van der Waals surface area contributed by atoms with Crippen LogP contribution in [-0.2, 0) is 21.4 Å². The third kappa shape index (κ3) is 7.43. The van der Waals surface area contributed by atoms with Crippen LogP contribution in [0.5, 0.6) is 0 Å². The summed E-state index contributed by atoms with van der Waals surface area (Å²) in [5, 5.41) is 7.40. The lowest BCUT2D eigenvalue weighted by Gasteiger charge is -2.11. The van der Waals surface area contributed by atoms with E-state index in [4.69, 9.17) is 9.88 Å². The molecule has 3 N–H and O–H groups in total. The van der Waals surface area contributed by atoms with Gasteiger partial charge < -0.3 is 10.1 Å². The molecule has 0 saturated heterocycles. The average Bonchev–Trinajstić information content (AvgIpc) is 2.33. The van der Waals surface area contributed by atoms with Crippen LogP contribution in [0.4, 0.5) is 4.79 Å². The molecule has 106 valence electrons. The van der Waals surface area contributed by atoms with Crippen LogP contribution >= 0.6 is 0 Å². The molecule has 1 unspecified atom stereocenters. The highest BCUT2D eigenvalue weighted by Gasteiger charge is 2.12. The fraction of sp³-hybridized carbons (Fsp3) is 0.417. The Balaban J connectivity index is 2.25. The number of sulfonamides is 1. The smallest absolute Gasteiger partial charge is 0.407 e. The summed E-state index contributed by atoms with van der Waals surface area (Å²) in [6, 6.07) is 9.27. The molecule has 7 heteroatoms. The lowest BCUT2D eigenvalue weighted by Crippen LogP contribution is -2.33. The Labute approximate surface area is 113 Å². The van der Waals surface area contributed by atoms with E-state index in [2.05, 4.69) is 5.32 Å². The second kappa shape index (κ2) is 7.10. The van der Waals surface area contributed by atoms with Gasteiger partial charge in [0.2, 0.25) is 10.0 Å². The first-order valence-electron chi connectivity index (χ1n) is 5.82. The largest absolute Gasteiger partial charge is 0.445 e. The van der Waals surface area contributed by atoms with Crippen molar-refractivity contribution in [2.75, 3.05) is 12.3 Å². The molecule has 0 fully saturated rings. The summed E-state index contributed by atoms with van der Waals surface area (Å²) in [5.41, 5.74) is 0.884. The molecular weight excluding hydrogens is 268 g/mol. The average molecular weight is 286 g/mol. The zero-order valence-corrected chi connectivity index (χ0v) is 11.5. The number of ether oxygens (including phenoxy) is 1. The van der Waals surface area contributed by atoms with Crippen molar-refractivity contribution in [2.24, 2.45) is 11.1 Å². The van der Waals surface area contributed by atoms with Gasteiger partial charge in [-0.2, -0.15) is 0 Å². The third-order valence-electron chi connectivity index (χ3n) is 2.32. The molecule has 0 heterocycles. The Morgan fingerprint density at radius 2 is 2.00 bits per heavy atom. The van der Waals surface area contributed by atoms with E-state index < -0.39 is 16.1 Å². The Bertz CT molecular complexity index is 502. The van der Waals surface area contributed by atoms with E-state index in [0.29, 0.717) is 0 Å². The van der Waals surface area contributed by atoms with Gasteiger partial charge in [0.25, 0.3) is 0 Å². The van der Waals surface area contributed by atoms with E-state index in [0.717, 1.165) is 5.56 Å². The highest BCUT2D eigenvalue weighted by molar-refractivity contribution is 7.89. The molecule has 0 bridgehead atoms. The van der Waals surface area contributed by atoms with Gasteiger partial charge in [-0.25, -0.2) is 18.4 Å². The molecule has 0 aliphatic heterocycles. The number of carbonyl (C=O) groups is 1. The van der Waals surface area contributed by atoms with Crippen LogP contribution in [-0.4, -0.2) is 26.8 Å². The summed E-state index contributed by atoms with van der Waals surface area (Å²) >= 11 is 0. The van der Waals surface area contributed by atoms with Crippen molar-refractivity contribution in [1.29, 1.82) is 0 Å². The minimum Gasteiger partial charge on any atom is -0.445 e. The molecule has 19 heavy (non-hydrogen) atoms. The number of amides is 1. The van der Waals surface area contributed by atoms with Crippen LogP contribution in [0.1, 0.15) is 12.5 Å². The van der Waals surface area contributed by atoms with Gasteiger partial charge in [0.15, 0.2) is 0 Å². The monoisotopic (exact) mass is 286 g/mol. The van der Waals surface area contributed by atoms with Gasteiger partial charge in [-0.15, -0.1) is 0 Å². The summed E-state index contributed by atoms with van der Waals surface area (Å²) in [6.45, 7) is 2.06. The van der Waals surface area contributed by atoms with Crippen LogP contribution in [0, 0.1) is 5.92 Å². The van der Waals surface area contributed by atoms with Crippen molar-refractivity contribution in [3.05, 3.63) is 35.9 Å². The number of nitrogens with one attached hydrogen (secondary N) is 1. The fourth-order valence-electron chi connectivity index (χ4n) is 1.49. The molecule has 1 aromatic carbocycles. The molecule has 1 atom stereocenters. The predicted octanol–water partition coefficient (Wildman–Crippen LogP) is 0.837. The van der Waals surface area contributed by atoms with Crippen LogP contribution in [0.25, 0.3) is 0 Å². The summed E-state index contributed by atoms with van der Waals surface area (Å²) < 4.78 is 26.6. The number of alkyl carbamates (subject to hydrolysis) is 1. The maximum atomic E-state index is 11.4. The molecular formula is C12H18N2O4S. The number of rotatable bonds is 6. The van der Waals surface area contributed by atoms with Crippen molar-refractivity contribution in [1.82, 2.24) is 5.32 Å². The van der Waals surface area contributed by atoms with Crippen molar-refractivity contribution >= 4 is 16.1 Å². The maximum Gasteiger partial charge on any atom is 0.407 e. The molecule has 0 spiro atoms. The lowest BCUT2D eigenvalue weighted by molar-refractivity contribution is 0.138. The number of hydrogen-bond donors (Lipinski definition) is 2. The second-order valence-corrected chi connectivity index (χ2v) is 6.04. The molecule has 0 aliphatic rings. The molecule has 0 saturated carbocycles. The Morgan fingerprint density at radius 3 is 2.58 bits per heavy atom. The Kier molecular flexibility index (Phi) is 5.78. The van der Waals surface area contributed by atoms with Gasteiger partial charge in [0.1, 0.15) is 6.61 Å². The molecule has 0 aromatic heterocycles. The second-order valence-electron chi connectivity index (χ2n) is 4.38.